The molecular weight excluding hydrogens is 286 g/mol. The van der Waals surface area contributed by atoms with Crippen LogP contribution in [0.1, 0.15) is 31.2 Å². The van der Waals surface area contributed by atoms with Crippen molar-refractivity contribution >= 4 is 21.8 Å². The summed E-state index contributed by atoms with van der Waals surface area (Å²) in [6, 6.07) is -0.0248. The summed E-state index contributed by atoms with van der Waals surface area (Å²) in [5.41, 5.74) is 0.297. The van der Waals surface area contributed by atoms with Crippen molar-refractivity contribution in [2.24, 2.45) is 0 Å². The van der Waals surface area contributed by atoms with Gasteiger partial charge in [0.1, 0.15) is 0 Å². The zero-order chi connectivity index (χ0) is 13.9. The van der Waals surface area contributed by atoms with Crippen molar-refractivity contribution in [3.05, 3.63) is 11.8 Å². The normalized spacial score (nSPS) is 24.5. The van der Waals surface area contributed by atoms with Crippen LogP contribution in [0.25, 0.3) is 0 Å². The van der Waals surface area contributed by atoms with Crippen LogP contribution in [-0.4, -0.2) is 41.3 Å². The fourth-order valence-corrected chi connectivity index (χ4v) is 4.51. The van der Waals surface area contributed by atoms with Gasteiger partial charge in [-0.1, -0.05) is 0 Å². The second-order valence-electron chi connectivity index (χ2n) is 4.71. The molecule has 3 N–H and O–H groups in total. The van der Waals surface area contributed by atoms with Crippen LogP contribution in [0.4, 0.5) is 0 Å². The molecule has 1 heterocycles. The number of aliphatic hydroxyl groups is 1. The van der Waals surface area contributed by atoms with Crippen molar-refractivity contribution in [1.29, 1.82) is 0 Å². The van der Waals surface area contributed by atoms with Crippen LogP contribution in [0.3, 0.4) is 0 Å². The van der Waals surface area contributed by atoms with Crippen LogP contribution < -0.4 is 4.72 Å². The second-order valence-corrected chi connectivity index (χ2v) is 7.50. The first-order valence-electron chi connectivity index (χ1n) is 6.25. The number of hydrogen-bond donors (Lipinski definition) is 3. The van der Waals surface area contributed by atoms with E-state index in [1.165, 1.54) is 6.20 Å². The highest BCUT2D eigenvalue weighted by Gasteiger charge is 2.27. The molecule has 0 radical (unpaired) electrons. The van der Waals surface area contributed by atoms with Crippen LogP contribution in [0.5, 0.6) is 0 Å². The summed E-state index contributed by atoms with van der Waals surface area (Å²) < 4.78 is 27.1. The Morgan fingerprint density at radius 1 is 1.47 bits per heavy atom. The predicted octanol–water partition coefficient (Wildman–Crippen LogP) is 0.854. The molecule has 1 aromatic heterocycles. The van der Waals surface area contributed by atoms with Crippen LogP contribution >= 0.6 is 11.8 Å². The van der Waals surface area contributed by atoms with Crippen LogP contribution in [0.2, 0.25) is 0 Å². The van der Waals surface area contributed by atoms with Gasteiger partial charge in [-0.05, 0) is 31.9 Å². The first kappa shape index (κ1) is 14.8. The number of rotatable bonds is 5. The summed E-state index contributed by atoms with van der Waals surface area (Å²) in [4.78, 5) is 0. The molecule has 8 heteroatoms. The average molecular weight is 305 g/mol. The van der Waals surface area contributed by atoms with Gasteiger partial charge in [0.15, 0.2) is 5.03 Å². The Hall–Kier alpha value is -0.570. The Morgan fingerprint density at radius 2 is 2.16 bits per heavy atom. The molecule has 0 bridgehead atoms. The van der Waals surface area contributed by atoms with E-state index in [0.717, 1.165) is 25.7 Å². The summed E-state index contributed by atoms with van der Waals surface area (Å²) in [5, 5.41) is 15.8. The van der Waals surface area contributed by atoms with Crippen molar-refractivity contribution in [2.75, 3.05) is 6.26 Å². The van der Waals surface area contributed by atoms with Gasteiger partial charge in [-0.25, -0.2) is 13.1 Å². The number of aliphatic hydroxyl groups excluding tert-OH is 1. The number of nitrogens with zero attached hydrogens (tertiary/aromatic N) is 1. The maximum atomic E-state index is 12.2. The van der Waals surface area contributed by atoms with E-state index in [2.05, 4.69) is 21.2 Å². The number of aromatic amines is 1. The Morgan fingerprint density at radius 3 is 2.74 bits per heavy atom. The van der Waals surface area contributed by atoms with Crippen LogP contribution in [0, 0.1) is 0 Å². The molecule has 0 spiro atoms. The first-order valence-corrected chi connectivity index (χ1v) is 9.02. The number of nitrogens with one attached hydrogen (secondary N) is 2. The van der Waals surface area contributed by atoms with Crippen molar-refractivity contribution < 1.29 is 13.5 Å². The minimum Gasteiger partial charge on any atom is -0.392 e. The Bertz CT molecular complexity index is 507. The molecule has 1 aliphatic rings. The molecule has 0 aliphatic heterocycles. The van der Waals surface area contributed by atoms with Gasteiger partial charge >= 0.3 is 0 Å². The Labute approximate surface area is 117 Å². The Balaban J connectivity index is 2.02. The molecule has 1 aliphatic carbocycles. The first-order chi connectivity index (χ1) is 9.06. The van der Waals surface area contributed by atoms with Gasteiger partial charge in [-0.2, -0.15) is 16.9 Å². The monoisotopic (exact) mass is 305 g/mol. The SMILES string of the molecule is CSC1CCC(NS(=O)(=O)c2[nH]ncc2CO)CC1. The maximum Gasteiger partial charge on any atom is 0.258 e. The van der Waals surface area contributed by atoms with E-state index < -0.39 is 10.0 Å². The van der Waals surface area contributed by atoms with Gasteiger partial charge in [0.25, 0.3) is 10.0 Å². The van der Waals surface area contributed by atoms with Gasteiger partial charge in [-0.15, -0.1) is 0 Å². The number of sulfonamides is 1. The zero-order valence-electron chi connectivity index (χ0n) is 10.8. The van der Waals surface area contributed by atoms with Gasteiger partial charge in [0, 0.05) is 16.9 Å². The third-order valence-electron chi connectivity index (χ3n) is 3.45. The summed E-state index contributed by atoms with van der Waals surface area (Å²) in [7, 11) is -3.62. The van der Waals surface area contributed by atoms with Crippen molar-refractivity contribution in [2.45, 2.75) is 48.6 Å². The lowest BCUT2D eigenvalue weighted by Gasteiger charge is -2.27. The van der Waals surface area contributed by atoms with Gasteiger partial charge in [0.2, 0.25) is 0 Å². The second kappa shape index (κ2) is 6.25. The molecule has 1 aromatic rings. The third-order valence-corrected chi connectivity index (χ3v) is 6.12. The highest BCUT2D eigenvalue weighted by molar-refractivity contribution is 7.99. The largest absolute Gasteiger partial charge is 0.392 e. The molecule has 0 unspecified atom stereocenters. The molecule has 2 rings (SSSR count). The van der Waals surface area contributed by atoms with Crippen molar-refractivity contribution in [1.82, 2.24) is 14.9 Å². The zero-order valence-corrected chi connectivity index (χ0v) is 12.4. The highest BCUT2D eigenvalue weighted by Crippen LogP contribution is 2.27. The van der Waals surface area contributed by atoms with Crippen LogP contribution in [-0.2, 0) is 16.6 Å². The summed E-state index contributed by atoms with van der Waals surface area (Å²) >= 11 is 1.84. The standard InChI is InChI=1S/C11H19N3O3S2/c1-18-10-4-2-9(3-5-10)14-19(16,17)11-8(7-15)6-12-13-11/h6,9-10,14-15H,2-5,7H2,1H3,(H,12,13). The van der Waals surface area contributed by atoms with Crippen LogP contribution in [0.15, 0.2) is 11.2 Å². The fourth-order valence-electron chi connectivity index (χ4n) is 2.34. The lowest BCUT2D eigenvalue weighted by molar-refractivity contribution is 0.278. The molecule has 0 aromatic carbocycles. The number of hydrogen-bond acceptors (Lipinski definition) is 5. The molecule has 19 heavy (non-hydrogen) atoms. The number of aromatic nitrogens is 2. The minimum absolute atomic E-state index is 0.0248. The molecule has 6 nitrogen and oxygen atoms in total. The van der Waals surface area contributed by atoms with Crippen molar-refractivity contribution in [3.8, 4) is 0 Å². The Kier molecular flexibility index (Phi) is 4.88. The van der Waals surface area contributed by atoms with E-state index in [4.69, 9.17) is 5.11 Å². The predicted molar refractivity (Wildman–Crippen MR) is 74.4 cm³/mol. The molecule has 0 amide bonds. The van der Waals surface area contributed by atoms with E-state index >= 15 is 0 Å². The molecule has 0 saturated heterocycles. The van der Waals surface area contributed by atoms with E-state index in [-0.39, 0.29) is 17.7 Å². The molecule has 108 valence electrons. The van der Waals surface area contributed by atoms with E-state index in [9.17, 15) is 8.42 Å². The minimum atomic E-state index is -3.62. The summed E-state index contributed by atoms with van der Waals surface area (Å²) in [6.45, 7) is -0.341. The lowest BCUT2D eigenvalue weighted by Crippen LogP contribution is -2.38. The van der Waals surface area contributed by atoms with Gasteiger partial charge < -0.3 is 5.11 Å². The van der Waals surface area contributed by atoms with Crippen molar-refractivity contribution in [3.63, 3.8) is 0 Å². The topological polar surface area (TPSA) is 95.1 Å². The lowest BCUT2D eigenvalue weighted by atomic mass is 9.96. The smallest absolute Gasteiger partial charge is 0.258 e. The third kappa shape index (κ3) is 3.50. The number of H-pyrrole nitrogens is 1. The molecule has 0 atom stereocenters. The van der Waals surface area contributed by atoms with E-state index in [1.54, 1.807) is 0 Å². The molecular formula is C11H19N3O3S2. The number of thioether (sulfide) groups is 1. The molecule has 1 fully saturated rings. The van der Waals surface area contributed by atoms with E-state index in [1.807, 2.05) is 11.8 Å². The average Bonchev–Trinajstić information content (AvgIpc) is 2.88. The summed E-state index contributed by atoms with van der Waals surface area (Å²) in [5.74, 6) is 0. The summed E-state index contributed by atoms with van der Waals surface area (Å²) in [6.07, 6.45) is 7.20. The maximum absolute atomic E-state index is 12.2. The van der Waals surface area contributed by atoms with Gasteiger partial charge in [-0.3, -0.25) is 5.10 Å². The van der Waals surface area contributed by atoms with Gasteiger partial charge in [0.05, 0.1) is 12.8 Å². The quantitative estimate of drug-likeness (QED) is 0.750. The highest BCUT2D eigenvalue weighted by atomic mass is 32.2. The van der Waals surface area contributed by atoms with E-state index in [0.29, 0.717) is 10.8 Å². The fraction of sp³-hybridized carbons (Fsp3) is 0.727. The molecule has 1 saturated carbocycles.